The van der Waals surface area contributed by atoms with E-state index in [1.54, 1.807) is 0 Å². The van der Waals surface area contributed by atoms with Crippen LogP contribution in [0.2, 0.25) is 0 Å². The Morgan fingerprint density at radius 1 is 1.50 bits per heavy atom. The van der Waals surface area contributed by atoms with Crippen LogP contribution in [-0.2, 0) is 9.53 Å². The summed E-state index contributed by atoms with van der Waals surface area (Å²) >= 11 is 0. The van der Waals surface area contributed by atoms with E-state index in [4.69, 9.17) is 0 Å². The molecule has 5 heteroatoms. The lowest BCUT2D eigenvalue weighted by molar-refractivity contribution is -0.160. The Morgan fingerprint density at radius 3 is 2.50 bits per heavy atom. The van der Waals surface area contributed by atoms with Crippen molar-refractivity contribution in [2.24, 2.45) is 0 Å². The first kappa shape index (κ1) is 13.4. The van der Waals surface area contributed by atoms with Gasteiger partial charge in [0.05, 0.1) is 13.7 Å². The van der Waals surface area contributed by atoms with Crippen LogP contribution in [0.4, 0.5) is 0 Å². The Labute approximate surface area is 95.8 Å². The van der Waals surface area contributed by atoms with Gasteiger partial charge in [0.2, 0.25) is 0 Å². The standard InChI is InChI=1S/C11H21NO4/c1-10(15,9(14)16-2)7-12-11(8-13)5-3-4-6-11/h12-13,15H,3-8H2,1-2H3. The third-order valence-corrected chi connectivity index (χ3v) is 3.30. The van der Waals surface area contributed by atoms with E-state index in [-0.39, 0.29) is 18.7 Å². The highest BCUT2D eigenvalue weighted by atomic mass is 16.5. The van der Waals surface area contributed by atoms with Crippen LogP contribution in [0, 0.1) is 0 Å². The van der Waals surface area contributed by atoms with Gasteiger partial charge in [-0.3, -0.25) is 0 Å². The topological polar surface area (TPSA) is 78.8 Å². The molecule has 16 heavy (non-hydrogen) atoms. The van der Waals surface area contributed by atoms with E-state index >= 15 is 0 Å². The number of hydrogen-bond acceptors (Lipinski definition) is 5. The molecule has 94 valence electrons. The fourth-order valence-electron chi connectivity index (χ4n) is 2.09. The van der Waals surface area contributed by atoms with Crippen molar-refractivity contribution in [2.75, 3.05) is 20.3 Å². The summed E-state index contributed by atoms with van der Waals surface area (Å²) in [5.74, 6) is -0.661. The molecule has 1 saturated carbocycles. The van der Waals surface area contributed by atoms with Crippen LogP contribution in [0.15, 0.2) is 0 Å². The van der Waals surface area contributed by atoms with Crippen LogP contribution in [0.1, 0.15) is 32.6 Å². The van der Waals surface area contributed by atoms with Crippen molar-refractivity contribution in [3.63, 3.8) is 0 Å². The van der Waals surface area contributed by atoms with Crippen molar-refractivity contribution in [3.8, 4) is 0 Å². The minimum absolute atomic E-state index is 0.0320. The van der Waals surface area contributed by atoms with Crippen molar-refractivity contribution >= 4 is 5.97 Å². The van der Waals surface area contributed by atoms with Gasteiger partial charge in [-0.2, -0.15) is 0 Å². The molecule has 0 aromatic heterocycles. The number of carbonyl (C=O) groups excluding carboxylic acids is 1. The molecule has 0 saturated heterocycles. The summed E-state index contributed by atoms with van der Waals surface area (Å²) in [5.41, 5.74) is -1.88. The number of ether oxygens (including phenoxy) is 1. The molecule has 0 bridgehead atoms. The smallest absolute Gasteiger partial charge is 0.338 e. The Hall–Kier alpha value is -0.650. The second-order valence-corrected chi connectivity index (χ2v) is 4.76. The third kappa shape index (κ3) is 2.93. The van der Waals surface area contributed by atoms with Crippen molar-refractivity contribution in [1.82, 2.24) is 5.32 Å². The monoisotopic (exact) mass is 231 g/mol. The molecule has 1 aliphatic carbocycles. The second-order valence-electron chi connectivity index (χ2n) is 4.76. The highest BCUT2D eigenvalue weighted by Gasteiger charge is 2.38. The average molecular weight is 231 g/mol. The normalized spacial score (nSPS) is 22.8. The van der Waals surface area contributed by atoms with Crippen LogP contribution in [0.25, 0.3) is 0 Å². The maximum absolute atomic E-state index is 11.3. The Balaban J connectivity index is 2.52. The third-order valence-electron chi connectivity index (χ3n) is 3.30. The molecule has 5 nitrogen and oxygen atoms in total. The number of carbonyl (C=O) groups is 1. The number of nitrogens with one attached hydrogen (secondary N) is 1. The molecule has 0 aromatic carbocycles. The first-order chi connectivity index (χ1) is 7.46. The molecule has 0 heterocycles. The summed E-state index contributed by atoms with van der Waals surface area (Å²) in [6.07, 6.45) is 3.88. The number of esters is 1. The number of β-amino-alcohol motifs (C(OH)–C–C–N with tert-alkyl or cyclic N) is 1. The van der Waals surface area contributed by atoms with E-state index < -0.39 is 11.6 Å². The zero-order valence-electron chi connectivity index (χ0n) is 9.95. The lowest BCUT2D eigenvalue weighted by Crippen LogP contribution is -2.54. The SMILES string of the molecule is COC(=O)C(C)(O)CNC1(CO)CCCC1. The van der Waals surface area contributed by atoms with Gasteiger partial charge >= 0.3 is 5.97 Å². The van der Waals surface area contributed by atoms with Crippen LogP contribution < -0.4 is 5.32 Å². The van der Waals surface area contributed by atoms with E-state index in [2.05, 4.69) is 10.1 Å². The molecule has 1 aliphatic rings. The van der Waals surface area contributed by atoms with E-state index in [1.165, 1.54) is 14.0 Å². The Morgan fingerprint density at radius 2 is 2.06 bits per heavy atom. The highest BCUT2D eigenvalue weighted by molar-refractivity contribution is 5.78. The lowest BCUT2D eigenvalue weighted by Gasteiger charge is -2.31. The molecule has 1 rings (SSSR count). The zero-order chi connectivity index (χ0) is 12.2. The predicted octanol–water partition coefficient (Wildman–Crippen LogP) is -0.195. The minimum atomic E-state index is -1.54. The maximum atomic E-state index is 11.3. The number of methoxy groups -OCH3 is 1. The van der Waals surface area contributed by atoms with Gasteiger partial charge in [-0.05, 0) is 19.8 Å². The molecule has 1 unspecified atom stereocenters. The first-order valence-corrected chi connectivity index (χ1v) is 5.62. The molecule has 1 atom stereocenters. The zero-order valence-corrected chi connectivity index (χ0v) is 9.95. The van der Waals surface area contributed by atoms with Crippen molar-refractivity contribution in [1.29, 1.82) is 0 Å². The fraction of sp³-hybridized carbons (Fsp3) is 0.909. The van der Waals surface area contributed by atoms with Crippen LogP contribution in [0.3, 0.4) is 0 Å². The number of aliphatic hydroxyl groups excluding tert-OH is 1. The van der Waals surface area contributed by atoms with Gasteiger partial charge in [0, 0.05) is 12.1 Å². The summed E-state index contributed by atoms with van der Waals surface area (Å²) in [5, 5.41) is 22.3. The number of rotatable bonds is 5. The van der Waals surface area contributed by atoms with Crippen LogP contribution in [0.5, 0.6) is 0 Å². The van der Waals surface area contributed by atoms with Gasteiger partial charge in [0.25, 0.3) is 0 Å². The molecular weight excluding hydrogens is 210 g/mol. The van der Waals surface area contributed by atoms with E-state index in [0.29, 0.717) is 0 Å². The number of aliphatic hydroxyl groups is 2. The fourth-order valence-corrected chi connectivity index (χ4v) is 2.09. The molecule has 0 aromatic rings. The quantitative estimate of drug-likeness (QED) is 0.571. The minimum Gasteiger partial charge on any atom is -0.467 e. The Kier molecular flexibility index (Phi) is 4.29. The van der Waals surface area contributed by atoms with Crippen LogP contribution >= 0.6 is 0 Å². The molecule has 0 aliphatic heterocycles. The lowest BCUT2D eigenvalue weighted by atomic mass is 9.97. The summed E-state index contributed by atoms with van der Waals surface area (Å²) in [7, 11) is 1.24. The van der Waals surface area contributed by atoms with Gasteiger partial charge < -0.3 is 20.3 Å². The maximum Gasteiger partial charge on any atom is 0.338 e. The van der Waals surface area contributed by atoms with E-state index in [9.17, 15) is 15.0 Å². The number of hydrogen-bond donors (Lipinski definition) is 3. The van der Waals surface area contributed by atoms with Gasteiger partial charge in [-0.25, -0.2) is 4.79 Å². The molecule has 0 amide bonds. The van der Waals surface area contributed by atoms with Gasteiger partial charge in [0.1, 0.15) is 0 Å². The van der Waals surface area contributed by atoms with Gasteiger partial charge in [0.15, 0.2) is 5.60 Å². The van der Waals surface area contributed by atoms with Gasteiger partial charge in [-0.1, -0.05) is 12.8 Å². The van der Waals surface area contributed by atoms with Crippen molar-refractivity contribution < 1.29 is 19.7 Å². The van der Waals surface area contributed by atoms with Crippen molar-refractivity contribution in [3.05, 3.63) is 0 Å². The molecule has 3 N–H and O–H groups in total. The largest absolute Gasteiger partial charge is 0.467 e. The van der Waals surface area contributed by atoms with E-state index in [1.807, 2.05) is 0 Å². The summed E-state index contributed by atoms with van der Waals surface area (Å²) in [6.45, 7) is 1.54. The highest BCUT2D eigenvalue weighted by Crippen LogP contribution is 2.29. The molecule has 1 fully saturated rings. The van der Waals surface area contributed by atoms with E-state index in [0.717, 1.165) is 25.7 Å². The molecular formula is C11H21NO4. The Bertz CT molecular complexity index is 246. The summed E-state index contributed by atoms with van der Waals surface area (Å²) in [6, 6.07) is 0. The van der Waals surface area contributed by atoms with Crippen LogP contribution in [-0.4, -0.2) is 47.6 Å². The predicted molar refractivity (Wildman–Crippen MR) is 58.9 cm³/mol. The molecule has 0 radical (unpaired) electrons. The van der Waals surface area contributed by atoms with Gasteiger partial charge in [-0.15, -0.1) is 0 Å². The summed E-state index contributed by atoms with van der Waals surface area (Å²) in [4.78, 5) is 11.3. The van der Waals surface area contributed by atoms with Crippen molar-refractivity contribution in [2.45, 2.75) is 43.7 Å². The molecule has 0 spiro atoms. The second kappa shape index (κ2) is 5.12. The summed E-state index contributed by atoms with van der Waals surface area (Å²) < 4.78 is 4.51. The first-order valence-electron chi connectivity index (χ1n) is 5.62. The average Bonchev–Trinajstić information content (AvgIpc) is 2.75.